The first kappa shape index (κ1) is 17.6. The van der Waals surface area contributed by atoms with Crippen LogP contribution in [0.4, 0.5) is 0 Å². The van der Waals surface area contributed by atoms with E-state index in [0.717, 1.165) is 17.6 Å². The molecule has 0 aromatic heterocycles. The van der Waals surface area contributed by atoms with Crippen molar-refractivity contribution in [2.45, 2.75) is 0 Å². The van der Waals surface area contributed by atoms with Crippen molar-refractivity contribution in [1.29, 1.82) is 0 Å². The Morgan fingerprint density at radius 2 is 1.84 bits per heavy atom. The Morgan fingerprint density at radius 3 is 2.37 bits per heavy atom. The number of allylic oxidation sites excluding steroid dienone is 1. The molecule has 19 heavy (non-hydrogen) atoms. The molecule has 1 aromatic carbocycles. The number of carbonyl (C=O) groups is 1. The smallest absolute Gasteiger partial charge is 0.142 e. The SMILES string of the molecule is C=CCSS(=O)CC=C.O=CC=Cc1ccccc1. The molecule has 0 saturated heterocycles. The van der Waals surface area contributed by atoms with E-state index >= 15 is 0 Å². The van der Waals surface area contributed by atoms with Gasteiger partial charge in [-0.1, -0.05) is 59.4 Å². The highest BCUT2D eigenvalue weighted by Gasteiger charge is 1.92. The lowest BCUT2D eigenvalue weighted by atomic mass is 10.2. The van der Waals surface area contributed by atoms with Crippen LogP contribution in [-0.2, 0) is 14.6 Å². The van der Waals surface area contributed by atoms with Crippen LogP contribution in [0.5, 0.6) is 0 Å². The highest BCUT2D eigenvalue weighted by Crippen LogP contribution is 2.06. The fourth-order valence-corrected chi connectivity index (χ4v) is 2.84. The van der Waals surface area contributed by atoms with Crippen LogP contribution in [0.1, 0.15) is 5.56 Å². The summed E-state index contributed by atoms with van der Waals surface area (Å²) in [5.74, 6) is 1.32. The average molecular weight is 294 g/mol. The van der Waals surface area contributed by atoms with E-state index in [1.807, 2.05) is 30.3 Å². The summed E-state index contributed by atoms with van der Waals surface area (Å²) in [6.45, 7) is 6.99. The van der Waals surface area contributed by atoms with E-state index in [1.165, 1.54) is 16.9 Å². The van der Waals surface area contributed by atoms with E-state index in [2.05, 4.69) is 13.2 Å². The van der Waals surface area contributed by atoms with Gasteiger partial charge in [-0.3, -0.25) is 4.79 Å². The molecule has 0 N–H and O–H groups in total. The largest absolute Gasteiger partial charge is 0.299 e. The molecule has 0 bridgehead atoms. The number of aldehydes is 1. The third kappa shape index (κ3) is 11.4. The van der Waals surface area contributed by atoms with Gasteiger partial charge >= 0.3 is 0 Å². The first-order valence-electron chi connectivity index (χ1n) is 5.65. The topological polar surface area (TPSA) is 34.1 Å². The van der Waals surface area contributed by atoms with Gasteiger partial charge in [-0.15, -0.1) is 13.2 Å². The Morgan fingerprint density at radius 1 is 1.16 bits per heavy atom. The van der Waals surface area contributed by atoms with Crippen LogP contribution >= 0.6 is 10.8 Å². The molecule has 0 heterocycles. The van der Waals surface area contributed by atoms with E-state index in [1.54, 1.807) is 18.2 Å². The zero-order valence-electron chi connectivity index (χ0n) is 10.7. The lowest BCUT2D eigenvalue weighted by Crippen LogP contribution is -1.86. The summed E-state index contributed by atoms with van der Waals surface area (Å²) < 4.78 is 10.8. The number of carbonyl (C=O) groups excluding carboxylic acids is 1. The number of hydrogen-bond donors (Lipinski definition) is 0. The summed E-state index contributed by atoms with van der Waals surface area (Å²) in [4.78, 5) is 9.89. The fraction of sp³-hybridized carbons (Fsp3) is 0.133. The Kier molecular flexibility index (Phi) is 12.1. The minimum atomic E-state index is -0.793. The highest BCUT2D eigenvalue weighted by atomic mass is 33.1. The molecule has 0 radical (unpaired) electrons. The monoisotopic (exact) mass is 294 g/mol. The van der Waals surface area contributed by atoms with Crippen molar-refractivity contribution in [1.82, 2.24) is 0 Å². The lowest BCUT2D eigenvalue weighted by molar-refractivity contribution is -0.104. The van der Waals surface area contributed by atoms with E-state index < -0.39 is 9.83 Å². The molecular weight excluding hydrogens is 276 g/mol. The Hall–Kier alpha value is -1.39. The van der Waals surface area contributed by atoms with Crippen LogP contribution in [0.15, 0.2) is 61.7 Å². The maximum absolute atomic E-state index is 10.8. The summed E-state index contributed by atoms with van der Waals surface area (Å²) in [6, 6.07) is 9.70. The van der Waals surface area contributed by atoms with Crippen molar-refractivity contribution in [3.63, 3.8) is 0 Å². The Bertz CT molecular complexity index is 425. The molecule has 0 aliphatic rings. The lowest BCUT2D eigenvalue weighted by Gasteiger charge is -1.91. The summed E-state index contributed by atoms with van der Waals surface area (Å²) in [5.41, 5.74) is 1.05. The van der Waals surface area contributed by atoms with Gasteiger partial charge in [0, 0.05) is 5.75 Å². The van der Waals surface area contributed by atoms with Gasteiger partial charge in [0.25, 0.3) is 0 Å². The van der Waals surface area contributed by atoms with Gasteiger partial charge in [-0.05, 0) is 11.6 Å². The predicted molar refractivity (Wildman–Crippen MR) is 87.4 cm³/mol. The zero-order valence-corrected chi connectivity index (χ0v) is 12.4. The number of benzene rings is 1. The van der Waals surface area contributed by atoms with Gasteiger partial charge < -0.3 is 0 Å². The first-order valence-corrected chi connectivity index (χ1v) is 8.47. The minimum Gasteiger partial charge on any atom is -0.299 e. The first-order chi connectivity index (χ1) is 9.24. The summed E-state index contributed by atoms with van der Waals surface area (Å²) in [6.07, 6.45) is 7.42. The van der Waals surface area contributed by atoms with Gasteiger partial charge in [-0.25, -0.2) is 4.21 Å². The van der Waals surface area contributed by atoms with Gasteiger partial charge in [0.2, 0.25) is 0 Å². The van der Waals surface area contributed by atoms with Crippen molar-refractivity contribution in [2.24, 2.45) is 0 Å². The Balaban J connectivity index is 0.000000344. The van der Waals surface area contributed by atoms with Crippen LogP contribution in [0, 0.1) is 0 Å². The molecule has 1 atom stereocenters. The van der Waals surface area contributed by atoms with Crippen LogP contribution in [0.25, 0.3) is 6.08 Å². The standard InChI is InChI=1S/C9H8O.C6H10OS2/c10-8-4-7-9-5-2-1-3-6-9;1-3-5-8-9(7)6-4-2/h1-8H;3-4H,1-2,5-6H2. The average Bonchev–Trinajstić information content (AvgIpc) is 2.45. The van der Waals surface area contributed by atoms with Gasteiger partial charge in [0.1, 0.15) is 6.29 Å². The van der Waals surface area contributed by atoms with Crippen LogP contribution < -0.4 is 0 Å². The summed E-state index contributed by atoms with van der Waals surface area (Å²) >= 11 is 0. The second-order valence-corrected chi connectivity index (χ2v) is 6.57. The molecular formula is C15H18O2S2. The maximum atomic E-state index is 10.8. The molecule has 0 amide bonds. The fourth-order valence-electron chi connectivity index (χ4n) is 0.983. The summed E-state index contributed by atoms with van der Waals surface area (Å²) in [7, 11) is 0.591. The number of rotatable bonds is 7. The van der Waals surface area contributed by atoms with E-state index in [0.29, 0.717) is 5.75 Å². The highest BCUT2D eigenvalue weighted by molar-refractivity contribution is 8.69. The maximum Gasteiger partial charge on any atom is 0.142 e. The third-order valence-corrected chi connectivity index (χ3v) is 4.49. The van der Waals surface area contributed by atoms with Crippen LogP contribution in [-0.4, -0.2) is 22.0 Å². The molecule has 1 unspecified atom stereocenters. The van der Waals surface area contributed by atoms with Crippen molar-refractivity contribution in [3.8, 4) is 0 Å². The minimum absolute atomic E-state index is 0.568. The number of hydrogen-bond acceptors (Lipinski definition) is 3. The van der Waals surface area contributed by atoms with Crippen molar-refractivity contribution in [3.05, 3.63) is 67.3 Å². The molecule has 2 nitrogen and oxygen atoms in total. The molecule has 0 fully saturated rings. The van der Waals surface area contributed by atoms with Gasteiger partial charge in [0.05, 0.1) is 15.6 Å². The quantitative estimate of drug-likeness (QED) is 0.333. The summed E-state index contributed by atoms with van der Waals surface area (Å²) in [5, 5.41) is 0. The molecule has 0 aliphatic heterocycles. The molecule has 0 saturated carbocycles. The normalized spacial score (nSPS) is 11.2. The molecule has 0 spiro atoms. The van der Waals surface area contributed by atoms with Crippen LogP contribution in [0.3, 0.4) is 0 Å². The van der Waals surface area contributed by atoms with Crippen molar-refractivity contribution >= 4 is 33.0 Å². The second-order valence-electron chi connectivity index (χ2n) is 3.24. The molecule has 0 aliphatic carbocycles. The van der Waals surface area contributed by atoms with E-state index in [-0.39, 0.29) is 0 Å². The Labute approximate surface area is 121 Å². The molecule has 1 aromatic rings. The van der Waals surface area contributed by atoms with Gasteiger partial charge in [0.15, 0.2) is 0 Å². The predicted octanol–water partition coefficient (Wildman–Crippen LogP) is 3.65. The zero-order chi connectivity index (χ0) is 14.3. The van der Waals surface area contributed by atoms with Crippen molar-refractivity contribution in [2.75, 3.05) is 11.5 Å². The van der Waals surface area contributed by atoms with Gasteiger partial charge in [-0.2, -0.15) is 0 Å². The third-order valence-electron chi connectivity index (χ3n) is 1.74. The second kappa shape index (κ2) is 13.1. The van der Waals surface area contributed by atoms with E-state index in [9.17, 15) is 9.00 Å². The molecule has 102 valence electrons. The van der Waals surface area contributed by atoms with Crippen molar-refractivity contribution < 1.29 is 9.00 Å². The molecule has 4 heteroatoms. The molecule has 1 rings (SSSR count). The van der Waals surface area contributed by atoms with Crippen LogP contribution in [0.2, 0.25) is 0 Å². The van der Waals surface area contributed by atoms with E-state index in [4.69, 9.17) is 0 Å².